The number of ether oxygens (including phenoxy) is 3. The minimum atomic E-state index is -0.663. The third kappa shape index (κ3) is 5.54. The second-order valence-corrected chi connectivity index (χ2v) is 6.71. The number of aromatic nitrogens is 2. The molecule has 10 heteroatoms. The van der Waals surface area contributed by atoms with Crippen LogP contribution in [-0.4, -0.2) is 33.8 Å². The van der Waals surface area contributed by atoms with Gasteiger partial charge in [0.05, 0.1) is 18.1 Å². The fraction of sp³-hybridized carbons (Fsp3) is 0.273. The van der Waals surface area contributed by atoms with Crippen molar-refractivity contribution < 1.29 is 23.9 Å². The first-order chi connectivity index (χ1) is 15.4. The summed E-state index contributed by atoms with van der Waals surface area (Å²) in [4.78, 5) is 22.8. The largest absolute Gasteiger partial charge is 0.490 e. The van der Waals surface area contributed by atoms with E-state index in [0.717, 1.165) is 5.56 Å². The molecular weight excluding hydrogens is 416 g/mol. The summed E-state index contributed by atoms with van der Waals surface area (Å²) in [6, 6.07) is 12.3. The fourth-order valence-electron chi connectivity index (χ4n) is 2.95. The van der Waals surface area contributed by atoms with Crippen molar-refractivity contribution in [3.63, 3.8) is 0 Å². The third-order valence-corrected chi connectivity index (χ3v) is 4.35. The highest BCUT2D eigenvalue weighted by atomic mass is 16.6. The van der Waals surface area contributed by atoms with Gasteiger partial charge in [-0.3, -0.25) is 19.6 Å². The Morgan fingerprint density at radius 3 is 2.41 bits per heavy atom. The molecule has 1 heterocycles. The van der Waals surface area contributed by atoms with Crippen molar-refractivity contribution in [2.45, 2.75) is 20.5 Å². The summed E-state index contributed by atoms with van der Waals surface area (Å²) in [7, 11) is 1.51. The fourth-order valence-corrected chi connectivity index (χ4v) is 2.95. The van der Waals surface area contributed by atoms with Gasteiger partial charge in [0.1, 0.15) is 18.6 Å². The van der Waals surface area contributed by atoms with E-state index in [1.807, 2.05) is 32.0 Å². The maximum atomic E-state index is 12.4. The van der Waals surface area contributed by atoms with Crippen molar-refractivity contribution in [3.05, 3.63) is 70.0 Å². The monoisotopic (exact) mass is 440 g/mol. The SMILES string of the molecule is CCOc1ccc(COc2ccc(NC(=O)c3nn(C)cc3[N+](=O)[O-])cc2)cc1OCC. The van der Waals surface area contributed by atoms with Crippen molar-refractivity contribution in [2.75, 3.05) is 18.5 Å². The first-order valence-electron chi connectivity index (χ1n) is 10.0. The van der Waals surface area contributed by atoms with E-state index in [4.69, 9.17) is 14.2 Å². The van der Waals surface area contributed by atoms with Crippen LogP contribution in [0.1, 0.15) is 29.9 Å². The number of carbonyl (C=O) groups is 1. The first kappa shape index (κ1) is 22.6. The molecule has 0 spiro atoms. The molecule has 0 aliphatic heterocycles. The number of nitrogens with one attached hydrogen (secondary N) is 1. The molecule has 0 atom stereocenters. The molecule has 0 aliphatic carbocycles. The van der Waals surface area contributed by atoms with Crippen LogP contribution in [0.15, 0.2) is 48.7 Å². The zero-order valence-corrected chi connectivity index (χ0v) is 18.0. The number of nitrogens with zero attached hydrogens (tertiary/aromatic N) is 3. The van der Waals surface area contributed by atoms with Crippen LogP contribution >= 0.6 is 0 Å². The molecule has 1 amide bonds. The average molecular weight is 440 g/mol. The summed E-state index contributed by atoms with van der Waals surface area (Å²) in [6.07, 6.45) is 1.18. The molecule has 0 radical (unpaired) electrons. The molecule has 3 rings (SSSR count). The topological polar surface area (TPSA) is 118 Å². The molecule has 0 unspecified atom stereocenters. The molecule has 1 N–H and O–H groups in total. The number of hydrogen-bond acceptors (Lipinski definition) is 7. The number of rotatable bonds is 10. The van der Waals surface area contributed by atoms with Crippen LogP contribution in [0.2, 0.25) is 0 Å². The van der Waals surface area contributed by atoms with Crippen molar-refractivity contribution >= 4 is 17.3 Å². The van der Waals surface area contributed by atoms with Crippen molar-refractivity contribution in [3.8, 4) is 17.2 Å². The van der Waals surface area contributed by atoms with Gasteiger partial charge < -0.3 is 19.5 Å². The summed E-state index contributed by atoms with van der Waals surface area (Å²) < 4.78 is 18.2. The Labute approximate surface area is 184 Å². The Morgan fingerprint density at radius 1 is 1.06 bits per heavy atom. The normalized spacial score (nSPS) is 10.5. The number of anilines is 1. The lowest BCUT2D eigenvalue weighted by molar-refractivity contribution is -0.385. The number of benzene rings is 2. The molecular formula is C22H24N4O6. The Hall–Kier alpha value is -4.08. The van der Waals surface area contributed by atoms with Crippen molar-refractivity contribution in [2.24, 2.45) is 7.05 Å². The summed E-state index contributed by atoms with van der Waals surface area (Å²) in [5.41, 5.74) is 0.768. The predicted molar refractivity (Wildman–Crippen MR) is 117 cm³/mol. The predicted octanol–water partition coefficient (Wildman–Crippen LogP) is 3.96. The Balaban J connectivity index is 1.62. The maximum Gasteiger partial charge on any atom is 0.320 e. The average Bonchev–Trinajstić information content (AvgIpc) is 3.17. The number of amides is 1. The van der Waals surface area contributed by atoms with Crippen LogP contribution < -0.4 is 19.5 Å². The Bertz CT molecular complexity index is 1090. The molecule has 0 bridgehead atoms. The highest BCUT2D eigenvalue weighted by molar-refractivity contribution is 6.05. The Morgan fingerprint density at radius 2 is 1.75 bits per heavy atom. The van der Waals surface area contributed by atoms with Gasteiger partial charge >= 0.3 is 5.69 Å². The van der Waals surface area contributed by atoms with Gasteiger partial charge in [-0.25, -0.2) is 0 Å². The summed E-state index contributed by atoms with van der Waals surface area (Å²) in [5, 5.41) is 17.5. The molecule has 1 aromatic heterocycles. The molecule has 0 saturated heterocycles. The molecule has 32 heavy (non-hydrogen) atoms. The molecule has 0 fully saturated rings. The van der Waals surface area contributed by atoms with Gasteiger partial charge in [-0.1, -0.05) is 6.07 Å². The van der Waals surface area contributed by atoms with E-state index >= 15 is 0 Å². The van der Waals surface area contributed by atoms with Crippen LogP contribution in [-0.2, 0) is 13.7 Å². The maximum absolute atomic E-state index is 12.4. The summed E-state index contributed by atoms with van der Waals surface area (Å²) >= 11 is 0. The van der Waals surface area contributed by atoms with E-state index in [9.17, 15) is 14.9 Å². The van der Waals surface area contributed by atoms with Crippen LogP contribution in [0.5, 0.6) is 17.2 Å². The number of hydrogen-bond donors (Lipinski definition) is 1. The van der Waals surface area contributed by atoms with Crippen LogP contribution in [0.25, 0.3) is 0 Å². The quantitative estimate of drug-likeness (QED) is 0.374. The lowest BCUT2D eigenvalue weighted by Crippen LogP contribution is -2.14. The second kappa shape index (κ2) is 10.3. The minimum absolute atomic E-state index is 0.251. The lowest BCUT2D eigenvalue weighted by Gasteiger charge is -2.13. The molecule has 2 aromatic carbocycles. The molecule has 0 aliphatic rings. The van der Waals surface area contributed by atoms with E-state index in [1.165, 1.54) is 17.9 Å². The van der Waals surface area contributed by atoms with E-state index in [-0.39, 0.29) is 11.4 Å². The van der Waals surface area contributed by atoms with Crippen molar-refractivity contribution in [1.82, 2.24) is 9.78 Å². The van der Waals surface area contributed by atoms with E-state index in [2.05, 4.69) is 10.4 Å². The van der Waals surface area contributed by atoms with Gasteiger partial charge in [-0.2, -0.15) is 5.10 Å². The zero-order valence-electron chi connectivity index (χ0n) is 18.0. The molecule has 3 aromatic rings. The minimum Gasteiger partial charge on any atom is -0.490 e. The smallest absolute Gasteiger partial charge is 0.320 e. The standard InChI is InChI=1S/C22H24N4O6/c1-4-30-19-11-6-15(12-20(19)31-5-2)14-32-17-9-7-16(8-10-17)23-22(27)21-18(26(28)29)13-25(3)24-21/h6-13H,4-5,14H2,1-3H3,(H,23,27). The van der Waals surface area contributed by atoms with E-state index < -0.39 is 10.8 Å². The van der Waals surface area contributed by atoms with Crippen LogP contribution in [0, 0.1) is 10.1 Å². The number of carbonyl (C=O) groups excluding carboxylic acids is 1. The molecule has 10 nitrogen and oxygen atoms in total. The summed E-state index contributed by atoms with van der Waals surface area (Å²) in [5.74, 6) is 1.28. The molecule has 0 saturated carbocycles. The first-order valence-corrected chi connectivity index (χ1v) is 10.0. The summed E-state index contributed by atoms with van der Waals surface area (Å²) in [6.45, 7) is 5.21. The second-order valence-electron chi connectivity index (χ2n) is 6.71. The highest BCUT2D eigenvalue weighted by Crippen LogP contribution is 2.29. The lowest BCUT2D eigenvalue weighted by atomic mass is 10.2. The molecule has 168 valence electrons. The van der Waals surface area contributed by atoms with Gasteiger partial charge in [0, 0.05) is 12.7 Å². The van der Waals surface area contributed by atoms with Crippen molar-refractivity contribution in [1.29, 1.82) is 0 Å². The van der Waals surface area contributed by atoms with E-state index in [1.54, 1.807) is 24.3 Å². The Kier molecular flexibility index (Phi) is 7.27. The van der Waals surface area contributed by atoms with Gasteiger partial charge in [-0.15, -0.1) is 0 Å². The highest BCUT2D eigenvalue weighted by Gasteiger charge is 2.24. The van der Waals surface area contributed by atoms with Gasteiger partial charge in [0.2, 0.25) is 5.69 Å². The number of aryl methyl sites for hydroxylation is 1. The van der Waals surface area contributed by atoms with Gasteiger partial charge in [0.15, 0.2) is 11.5 Å². The van der Waals surface area contributed by atoms with Gasteiger partial charge in [0.25, 0.3) is 5.91 Å². The third-order valence-electron chi connectivity index (χ3n) is 4.35. The van der Waals surface area contributed by atoms with E-state index in [0.29, 0.717) is 42.8 Å². The zero-order chi connectivity index (χ0) is 23.1. The van der Waals surface area contributed by atoms with Gasteiger partial charge in [-0.05, 0) is 55.8 Å². The number of nitro groups is 1. The van der Waals surface area contributed by atoms with Crippen LogP contribution in [0.4, 0.5) is 11.4 Å². The van der Waals surface area contributed by atoms with Crippen LogP contribution in [0.3, 0.4) is 0 Å².